The van der Waals surface area contributed by atoms with Crippen LogP contribution in [0.25, 0.3) is 0 Å². The topological polar surface area (TPSA) is 56.3 Å². The predicted octanol–water partition coefficient (Wildman–Crippen LogP) is 2.56. The van der Waals surface area contributed by atoms with Gasteiger partial charge in [-0.25, -0.2) is 0 Å². The molecule has 1 aromatic heterocycles. The van der Waals surface area contributed by atoms with Crippen molar-refractivity contribution in [3.05, 3.63) is 30.0 Å². The highest BCUT2D eigenvalue weighted by Gasteiger charge is 2.06. The zero-order chi connectivity index (χ0) is 12.8. The summed E-state index contributed by atoms with van der Waals surface area (Å²) >= 11 is 1.32. The molecule has 1 N–H and O–H groups in total. The van der Waals surface area contributed by atoms with Crippen molar-refractivity contribution >= 4 is 16.5 Å². The predicted molar refractivity (Wildman–Crippen MR) is 71.4 cm³/mol. The lowest BCUT2D eigenvalue weighted by atomic mass is 10.3. The molecule has 2 aromatic rings. The van der Waals surface area contributed by atoms with Gasteiger partial charge in [0.05, 0.1) is 6.61 Å². The van der Waals surface area contributed by atoms with E-state index in [1.807, 2.05) is 38.2 Å². The van der Waals surface area contributed by atoms with Gasteiger partial charge in [0.2, 0.25) is 0 Å². The van der Waals surface area contributed by atoms with E-state index in [9.17, 15) is 0 Å². The first-order chi connectivity index (χ1) is 8.83. The number of nitrogens with zero attached hydrogens (tertiary/aromatic N) is 2. The van der Waals surface area contributed by atoms with Gasteiger partial charge >= 0.3 is 0 Å². The summed E-state index contributed by atoms with van der Waals surface area (Å²) in [6.07, 6.45) is 0. The first-order valence-electron chi connectivity index (χ1n) is 5.68. The van der Waals surface area contributed by atoms with Gasteiger partial charge in [0.15, 0.2) is 0 Å². The molecule has 18 heavy (non-hydrogen) atoms. The van der Waals surface area contributed by atoms with Crippen molar-refractivity contribution in [2.75, 3.05) is 19.0 Å². The third kappa shape index (κ3) is 3.10. The maximum Gasteiger partial charge on any atom is 0.136 e. The fraction of sp³-hybridized carbons (Fsp3) is 0.333. The fourth-order valence-corrected chi connectivity index (χ4v) is 1.96. The molecule has 0 saturated carbocycles. The van der Waals surface area contributed by atoms with Crippen molar-refractivity contribution in [2.24, 2.45) is 0 Å². The summed E-state index contributed by atoms with van der Waals surface area (Å²) in [5, 5.41) is 7.97. The Morgan fingerprint density at radius 2 is 1.83 bits per heavy atom. The summed E-state index contributed by atoms with van der Waals surface area (Å²) < 4.78 is 14.9. The third-order valence-corrected chi connectivity index (χ3v) is 3.08. The molecule has 0 bridgehead atoms. The average Bonchev–Trinajstić information content (AvgIpc) is 2.86. The molecule has 0 fully saturated rings. The SMILES string of the molecule is CCOc1ccc(OCc2nnsc2NC)cc1. The number of hydrogen-bond donors (Lipinski definition) is 1. The van der Waals surface area contributed by atoms with E-state index in [1.165, 1.54) is 11.5 Å². The number of ether oxygens (including phenoxy) is 2. The van der Waals surface area contributed by atoms with Gasteiger partial charge in [-0.3, -0.25) is 0 Å². The van der Waals surface area contributed by atoms with Crippen LogP contribution in [0.15, 0.2) is 24.3 Å². The largest absolute Gasteiger partial charge is 0.494 e. The molecule has 0 aliphatic rings. The first-order valence-corrected chi connectivity index (χ1v) is 6.45. The molecule has 1 aromatic carbocycles. The Hall–Kier alpha value is -1.82. The Kier molecular flexibility index (Phi) is 4.35. The van der Waals surface area contributed by atoms with Crippen LogP contribution in [0.1, 0.15) is 12.6 Å². The van der Waals surface area contributed by atoms with Crippen LogP contribution >= 0.6 is 11.5 Å². The third-order valence-electron chi connectivity index (χ3n) is 2.29. The van der Waals surface area contributed by atoms with Crippen LogP contribution in [0.5, 0.6) is 11.5 Å². The molecule has 6 heteroatoms. The number of aromatic nitrogens is 2. The lowest BCUT2D eigenvalue weighted by Gasteiger charge is -2.07. The van der Waals surface area contributed by atoms with Crippen LogP contribution in [0.2, 0.25) is 0 Å². The highest BCUT2D eigenvalue weighted by molar-refractivity contribution is 7.10. The van der Waals surface area contributed by atoms with Gasteiger partial charge in [0, 0.05) is 18.6 Å². The molecule has 1 heterocycles. The zero-order valence-corrected chi connectivity index (χ0v) is 11.2. The smallest absolute Gasteiger partial charge is 0.136 e. The van der Waals surface area contributed by atoms with E-state index in [4.69, 9.17) is 9.47 Å². The molecule has 0 amide bonds. The molecule has 0 spiro atoms. The molecular formula is C12H15N3O2S. The number of rotatable bonds is 6. The summed E-state index contributed by atoms with van der Waals surface area (Å²) in [5.74, 6) is 1.63. The van der Waals surface area contributed by atoms with E-state index in [1.54, 1.807) is 0 Å². The van der Waals surface area contributed by atoms with Crippen molar-refractivity contribution in [1.82, 2.24) is 9.59 Å². The van der Waals surface area contributed by atoms with Crippen molar-refractivity contribution in [2.45, 2.75) is 13.5 Å². The summed E-state index contributed by atoms with van der Waals surface area (Å²) in [4.78, 5) is 0. The van der Waals surface area contributed by atoms with Gasteiger partial charge in [0.1, 0.15) is 28.8 Å². The summed E-state index contributed by atoms with van der Waals surface area (Å²) in [7, 11) is 1.84. The summed E-state index contributed by atoms with van der Waals surface area (Å²) in [6, 6.07) is 7.53. The number of benzene rings is 1. The quantitative estimate of drug-likeness (QED) is 0.870. The van der Waals surface area contributed by atoms with Crippen LogP contribution in [0.4, 0.5) is 5.00 Å². The van der Waals surface area contributed by atoms with E-state index in [-0.39, 0.29) is 0 Å². The molecule has 0 aliphatic heterocycles. The minimum atomic E-state index is 0.403. The highest BCUT2D eigenvalue weighted by Crippen LogP contribution is 2.21. The molecular weight excluding hydrogens is 250 g/mol. The van der Waals surface area contributed by atoms with Crippen molar-refractivity contribution < 1.29 is 9.47 Å². The molecule has 0 atom stereocenters. The van der Waals surface area contributed by atoms with Gasteiger partial charge in [0.25, 0.3) is 0 Å². The van der Waals surface area contributed by atoms with Crippen LogP contribution in [0.3, 0.4) is 0 Å². The second-order valence-corrected chi connectivity index (χ2v) is 4.25. The lowest BCUT2D eigenvalue weighted by molar-refractivity contribution is 0.300. The van der Waals surface area contributed by atoms with Gasteiger partial charge in [-0.1, -0.05) is 4.49 Å². The number of hydrogen-bond acceptors (Lipinski definition) is 6. The van der Waals surface area contributed by atoms with Crippen molar-refractivity contribution in [1.29, 1.82) is 0 Å². The minimum Gasteiger partial charge on any atom is -0.494 e. The Morgan fingerprint density at radius 1 is 1.17 bits per heavy atom. The first kappa shape index (κ1) is 12.6. The molecule has 0 saturated heterocycles. The molecule has 0 aliphatic carbocycles. The highest BCUT2D eigenvalue weighted by atomic mass is 32.1. The Balaban J connectivity index is 1.94. The molecule has 5 nitrogen and oxygen atoms in total. The second-order valence-electron chi connectivity index (χ2n) is 3.49. The van der Waals surface area contributed by atoms with E-state index >= 15 is 0 Å². The average molecular weight is 265 g/mol. The normalized spacial score (nSPS) is 10.1. The Labute approximate surface area is 110 Å². The number of nitrogens with one attached hydrogen (secondary N) is 1. The minimum absolute atomic E-state index is 0.403. The molecule has 96 valence electrons. The van der Waals surface area contributed by atoms with Crippen LogP contribution in [-0.2, 0) is 6.61 Å². The Bertz CT molecular complexity index is 484. The van der Waals surface area contributed by atoms with E-state index < -0.39 is 0 Å². The zero-order valence-electron chi connectivity index (χ0n) is 10.3. The lowest BCUT2D eigenvalue weighted by Crippen LogP contribution is -1.99. The monoisotopic (exact) mass is 265 g/mol. The molecule has 0 radical (unpaired) electrons. The standard InChI is InChI=1S/C12H15N3O2S/c1-3-16-9-4-6-10(7-5-9)17-8-11-12(13-2)18-15-14-11/h4-7,13H,3,8H2,1-2H3. The van der Waals surface area contributed by atoms with E-state index in [2.05, 4.69) is 14.9 Å². The van der Waals surface area contributed by atoms with Crippen LogP contribution < -0.4 is 14.8 Å². The van der Waals surface area contributed by atoms with Crippen LogP contribution in [-0.4, -0.2) is 23.2 Å². The van der Waals surface area contributed by atoms with Gasteiger partial charge in [-0.05, 0) is 31.2 Å². The molecule has 0 unspecified atom stereocenters. The summed E-state index contributed by atoms with van der Waals surface area (Å²) in [6.45, 7) is 3.02. The summed E-state index contributed by atoms with van der Waals surface area (Å²) in [5.41, 5.74) is 0.816. The van der Waals surface area contributed by atoms with Gasteiger partial charge in [-0.2, -0.15) is 0 Å². The molecule has 2 rings (SSSR count). The second kappa shape index (κ2) is 6.20. The van der Waals surface area contributed by atoms with Crippen LogP contribution in [0, 0.1) is 0 Å². The van der Waals surface area contributed by atoms with E-state index in [0.29, 0.717) is 13.2 Å². The van der Waals surface area contributed by atoms with Crippen molar-refractivity contribution in [3.63, 3.8) is 0 Å². The van der Waals surface area contributed by atoms with Gasteiger partial charge < -0.3 is 14.8 Å². The van der Waals surface area contributed by atoms with Crippen molar-refractivity contribution in [3.8, 4) is 11.5 Å². The number of anilines is 1. The maximum atomic E-state index is 5.63. The van der Waals surface area contributed by atoms with E-state index in [0.717, 1.165) is 22.2 Å². The fourth-order valence-electron chi connectivity index (χ4n) is 1.44. The van der Waals surface area contributed by atoms with Gasteiger partial charge in [-0.15, -0.1) is 5.10 Å². The Morgan fingerprint density at radius 3 is 2.44 bits per heavy atom. The maximum absolute atomic E-state index is 5.63.